The molecule has 3 N–H and O–H groups in total. The van der Waals surface area contributed by atoms with Gasteiger partial charge in [-0.1, -0.05) is 41.1 Å². The van der Waals surface area contributed by atoms with Crippen molar-refractivity contribution < 1.29 is 5.11 Å². The fourth-order valence-electron chi connectivity index (χ4n) is 3.45. The second-order valence-corrected chi connectivity index (χ2v) is 6.79. The zero-order chi connectivity index (χ0) is 15.2. The number of rotatable bonds is 7. The van der Waals surface area contributed by atoms with Crippen molar-refractivity contribution in [3.05, 3.63) is 34.3 Å². The second kappa shape index (κ2) is 8.28. The molecule has 4 heteroatoms. The van der Waals surface area contributed by atoms with E-state index in [1.807, 2.05) is 0 Å². The van der Waals surface area contributed by atoms with Crippen LogP contribution in [0.4, 0.5) is 0 Å². The maximum Gasteiger partial charge on any atom is 0.0513 e. The lowest BCUT2D eigenvalue weighted by molar-refractivity contribution is 0.139. The van der Waals surface area contributed by atoms with Gasteiger partial charge in [0, 0.05) is 23.2 Å². The van der Waals surface area contributed by atoms with Crippen LogP contribution in [0.3, 0.4) is 0 Å². The number of benzene rings is 1. The number of aliphatic hydroxyl groups excluding tert-OH is 1. The highest BCUT2D eigenvalue weighted by molar-refractivity contribution is 9.10. The summed E-state index contributed by atoms with van der Waals surface area (Å²) in [5.74, 6) is 0. The van der Waals surface area contributed by atoms with Crippen LogP contribution in [0.1, 0.15) is 50.6 Å². The fourth-order valence-corrected chi connectivity index (χ4v) is 3.97. The molecule has 0 amide bonds. The van der Waals surface area contributed by atoms with Crippen molar-refractivity contribution in [3.63, 3.8) is 0 Å². The average Bonchev–Trinajstić information content (AvgIpc) is 2.95. The molecule has 0 saturated carbocycles. The van der Waals surface area contributed by atoms with E-state index in [-0.39, 0.29) is 18.7 Å². The number of halogens is 1. The number of nitrogens with two attached hydrogens (primary N) is 1. The van der Waals surface area contributed by atoms with Crippen LogP contribution in [-0.2, 0) is 0 Å². The van der Waals surface area contributed by atoms with Gasteiger partial charge >= 0.3 is 0 Å². The highest BCUT2D eigenvalue weighted by Crippen LogP contribution is 2.36. The van der Waals surface area contributed by atoms with Gasteiger partial charge in [0.15, 0.2) is 0 Å². The summed E-state index contributed by atoms with van der Waals surface area (Å²) in [7, 11) is 0. The van der Waals surface area contributed by atoms with Crippen LogP contribution >= 0.6 is 15.9 Å². The summed E-state index contributed by atoms with van der Waals surface area (Å²) in [5, 5.41) is 9.12. The van der Waals surface area contributed by atoms with E-state index in [0.717, 1.165) is 30.3 Å². The van der Waals surface area contributed by atoms with Gasteiger partial charge in [0.1, 0.15) is 0 Å². The molecule has 118 valence electrons. The largest absolute Gasteiger partial charge is 0.396 e. The van der Waals surface area contributed by atoms with E-state index in [1.165, 1.54) is 18.4 Å². The normalized spacial score (nSPS) is 22.4. The molecule has 1 aliphatic rings. The van der Waals surface area contributed by atoms with E-state index in [0.29, 0.717) is 6.04 Å². The SMILES string of the molecule is CCC(N)C(c1ccccc1Br)N1CCCC1CCCO. The first kappa shape index (κ1) is 16.9. The molecule has 1 aromatic rings. The van der Waals surface area contributed by atoms with Crippen molar-refractivity contribution in [2.45, 2.75) is 57.2 Å². The van der Waals surface area contributed by atoms with E-state index >= 15 is 0 Å². The summed E-state index contributed by atoms with van der Waals surface area (Å²) < 4.78 is 1.15. The van der Waals surface area contributed by atoms with Gasteiger partial charge in [-0.2, -0.15) is 0 Å². The van der Waals surface area contributed by atoms with Crippen molar-refractivity contribution in [1.82, 2.24) is 4.90 Å². The molecule has 0 bridgehead atoms. The Morgan fingerprint density at radius 3 is 2.86 bits per heavy atom. The lowest BCUT2D eigenvalue weighted by Gasteiger charge is -2.37. The monoisotopic (exact) mass is 354 g/mol. The van der Waals surface area contributed by atoms with Crippen LogP contribution in [0, 0.1) is 0 Å². The first-order chi connectivity index (χ1) is 10.2. The third-order valence-corrected chi connectivity index (χ3v) is 5.30. The minimum atomic E-state index is 0.137. The van der Waals surface area contributed by atoms with Crippen LogP contribution in [0.15, 0.2) is 28.7 Å². The Morgan fingerprint density at radius 1 is 1.43 bits per heavy atom. The van der Waals surface area contributed by atoms with E-state index in [4.69, 9.17) is 10.8 Å². The smallest absolute Gasteiger partial charge is 0.0513 e. The lowest BCUT2D eigenvalue weighted by atomic mass is 9.95. The lowest BCUT2D eigenvalue weighted by Crippen LogP contribution is -2.43. The first-order valence-corrected chi connectivity index (χ1v) is 8.85. The molecule has 0 radical (unpaired) electrons. The summed E-state index contributed by atoms with van der Waals surface area (Å²) in [4.78, 5) is 2.57. The average molecular weight is 355 g/mol. The summed E-state index contributed by atoms with van der Waals surface area (Å²) in [6.07, 6.45) is 5.36. The summed E-state index contributed by atoms with van der Waals surface area (Å²) in [6, 6.07) is 9.38. The fraction of sp³-hybridized carbons (Fsp3) is 0.647. The minimum Gasteiger partial charge on any atom is -0.396 e. The standard InChI is InChI=1S/C17H27BrN2O/c1-2-16(19)17(14-9-3-4-10-15(14)18)20-11-5-7-13(20)8-6-12-21/h3-4,9-10,13,16-17,21H,2,5-8,11-12,19H2,1H3. The molecule has 0 aromatic heterocycles. The topological polar surface area (TPSA) is 49.5 Å². The van der Waals surface area contributed by atoms with Crippen molar-refractivity contribution >= 4 is 15.9 Å². The van der Waals surface area contributed by atoms with E-state index in [1.54, 1.807) is 0 Å². The van der Waals surface area contributed by atoms with E-state index in [9.17, 15) is 0 Å². The van der Waals surface area contributed by atoms with Crippen LogP contribution in [0.25, 0.3) is 0 Å². The molecule has 3 nitrogen and oxygen atoms in total. The highest BCUT2D eigenvalue weighted by atomic mass is 79.9. The van der Waals surface area contributed by atoms with Crippen molar-refractivity contribution in [2.75, 3.05) is 13.2 Å². The van der Waals surface area contributed by atoms with E-state index < -0.39 is 0 Å². The van der Waals surface area contributed by atoms with Crippen LogP contribution < -0.4 is 5.73 Å². The zero-order valence-electron chi connectivity index (χ0n) is 12.8. The molecular weight excluding hydrogens is 328 g/mol. The third kappa shape index (κ3) is 4.07. The van der Waals surface area contributed by atoms with Gasteiger partial charge in [-0.25, -0.2) is 0 Å². The molecular formula is C17H27BrN2O. The molecule has 0 aliphatic carbocycles. The number of hydrogen-bond donors (Lipinski definition) is 2. The Kier molecular flexibility index (Phi) is 6.68. The predicted octanol–water partition coefficient (Wildman–Crippen LogP) is 3.46. The van der Waals surface area contributed by atoms with Crippen LogP contribution in [0.2, 0.25) is 0 Å². The van der Waals surface area contributed by atoms with Gasteiger partial charge in [-0.3, -0.25) is 4.90 Å². The van der Waals surface area contributed by atoms with Crippen molar-refractivity contribution in [2.24, 2.45) is 5.73 Å². The predicted molar refractivity (Wildman–Crippen MR) is 91.2 cm³/mol. The first-order valence-electron chi connectivity index (χ1n) is 8.05. The molecule has 3 unspecified atom stereocenters. The molecule has 21 heavy (non-hydrogen) atoms. The number of nitrogens with zero attached hydrogens (tertiary/aromatic N) is 1. The highest BCUT2D eigenvalue weighted by Gasteiger charge is 2.34. The molecule has 1 aliphatic heterocycles. The van der Waals surface area contributed by atoms with E-state index in [2.05, 4.69) is 52.0 Å². The quantitative estimate of drug-likeness (QED) is 0.788. The van der Waals surface area contributed by atoms with Crippen LogP contribution in [-0.4, -0.2) is 35.2 Å². The second-order valence-electron chi connectivity index (χ2n) is 5.94. The van der Waals surface area contributed by atoms with Crippen molar-refractivity contribution in [1.29, 1.82) is 0 Å². The molecule has 1 saturated heterocycles. The van der Waals surface area contributed by atoms with Gasteiger partial charge in [-0.15, -0.1) is 0 Å². The number of aliphatic hydroxyl groups is 1. The Hall–Kier alpha value is -0.420. The van der Waals surface area contributed by atoms with Gasteiger partial charge in [0.2, 0.25) is 0 Å². The molecule has 1 fully saturated rings. The molecule has 1 aromatic carbocycles. The van der Waals surface area contributed by atoms with Crippen molar-refractivity contribution in [3.8, 4) is 0 Å². The summed E-state index contributed by atoms with van der Waals surface area (Å²) in [6.45, 7) is 3.55. The molecule has 1 heterocycles. The molecule has 0 spiro atoms. The minimum absolute atomic E-state index is 0.137. The van der Waals surface area contributed by atoms with Gasteiger partial charge < -0.3 is 10.8 Å². The van der Waals surface area contributed by atoms with Crippen LogP contribution in [0.5, 0.6) is 0 Å². The number of likely N-dealkylation sites (tertiary alicyclic amines) is 1. The summed E-state index contributed by atoms with van der Waals surface area (Å²) in [5.41, 5.74) is 7.77. The maximum absolute atomic E-state index is 9.12. The molecule has 2 rings (SSSR count). The Morgan fingerprint density at radius 2 is 2.19 bits per heavy atom. The summed E-state index contributed by atoms with van der Waals surface area (Å²) >= 11 is 3.69. The Labute approximate surface area is 136 Å². The molecule has 3 atom stereocenters. The van der Waals surface area contributed by atoms with Gasteiger partial charge in [0.05, 0.1) is 6.04 Å². The van der Waals surface area contributed by atoms with Gasteiger partial charge in [-0.05, 0) is 50.3 Å². The Bertz CT molecular complexity index is 441. The van der Waals surface area contributed by atoms with Gasteiger partial charge in [0.25, 0.3) is 0 Å². The number of hydrogen-bond acceptors (Lipinski definition) is 3. The zero-order valence-corrected chi connectivity index (χ0v) is 14.4. The third-order valence-electron chi connectivity index (χ3n) is 4.58. The Balaban J connectivity index is 2.25. The maximum atomic E-state index is 9.12.